The molecule has 0 aliphatic carbocycles. The van der Waals surface area contributed by atoms with Crippen molar-refractivity contribution in [1.29, 1.82) is 0 Å². The minimum atomic E-state index is -3.00. The molecular weight excluding hydrogens is 414 g/mol. The minimum absolute atomic E-state index is 0.108. The number of hydrogen-bond acceptors (Lipinski definition) is 8. The summed E-state index contributed by atoms with van der Waals surface area (Å²) >= 11 is 1.42. The number of aromatic nitrogens is 3. The van der Waals surface area contributed by atoms with Crippen molar-refractivity contribution in [3.8, 4) is 5.75 Å². The molecular formula is C19H21N3O5S2. The number of phenols is 1. The number of benzene rings is 1. The van der Waals surface area contributed by atoms with Crippen LogP contribution in [0.2, 0.25) is 0 Å². The Bertz CT molecular complexity index is 1250. The fraction of sp³-hybridized carbons (Fsp3) is 0.421. The minimum Gasteiger partial charge on any atom is -0.508 e. The van der Waals surface area contributed by atoms with Crippen LogP contribution in [0.1, 0.15) is 36.2 Å². The second-order valence-corrected chi connectivity index (χ2v) is 10.4. The van der Waals surface area contributed by atoms with Gasteiger partial charge in [0, 0.05) is 36.2 Å². The average molecular weight is 436 g/mol. The Labute approximate surface area is 171 Å². The molecule has 29 heavy (non-hydrogen) atoms. The van der Waals surface area contributed by atoms with Gasteiger partial charge in [0.2, 0.25) is 0 Å². The Morgan fingerprint density at radius 3 is 2.76 bits per heavy atom. The molecule has 0 amide bonds. The maximum absolute atomic E-state index is 11.9. The van der Waals surface area contributed by atoms with Gasteiger partial charge in [0.15, 0.2) is 15.0 Å². The number of aromatic hydroxyl groups is 1. The number of aryl methyl sites for hydroxylation is 1. The zero-order valence-corrected chi connectivity index (χ0v) is 17.7. The van der Waals surface area contributed by atoms with E-state index in [4.69, 9.17) is 4.42 Å². The topological polar surface area (TPSA) is 115 Å². The van der Waals surface area contributed by atoms with Gasteiger partial charge in [-0.25, -0.2) is 13.2 Å². The lowest BCUT2D eigenvalue weighted by Crippen LogP contribution is -2.09. The molecule has 0 spiro atoms. The first-order valence-electron chi connectivity index (χ1n) is 9.28. The molecule has 1 aliphatic rings. The molecule has 1 saturated heterocycles. The number of fused-ring (bicyclic) bond motifs is 1. The summed E-state index contributed by atoms with van der Waals surface area (Å²) in [6, 6.07) is 4.77. The van der Waals surface area contributed by atoms with Crippen molar-refractivity contribution < 1.29 is 17.9 Å². The van der Waals surface area contributed by atoms with Crippen LogP contribution in [-0.4, -0.2) is 39.8 Å². The van der Waals surface area contributed by atoms with E-state index in [-0.39, 0.29) is 23.2 Å². The van der Waals surface area contributed by atoms with Crippen molar-refractivity contribution in [2.45, 2.75) is 36.6 Å². The summed E-state index contributed by atoms with van der Waals surface area (Å²) in [6.07, 6.45) is 1.22. The van der Waals surface area contributed by atoms with E-state index >= 15 is 0 Å². The van der Waals surface area contributed by atoms with E-state index in [2.05, 4.69) is 10.2 Å². The van der Waals surface area contributed by atoms with Gasteiger partial charge >= 0.3 is 5.63 Å². The summed E-state index contributed by atoms with van der Waals surface area (Å²) in [5, 5.41) is 19.9. The molecule has 1 N–H and O–H groups in total. The molecule has 0 bridgehead atoms. The summed E-state index contributed by atoms with van der Waals surface area (Å²) in [5.41, 5.74) is 1.43. The largest absolute Gasteiger partial charge is 0.508 e. The number of thioether (sulfide) groups is 1. The fourth-order valence-electron chi connectivity index (χ4n) is 3.66. The molecule has 2 aromatic heterocycles. The third-order valence-corrected chi connectivity index (χ3v) is 8.07. The summed E-state index contributed by atoms with van der Waals surface area (Å²) < 4.78 is 30.6. The SMILES string of the molecule is CCc1cc2c(CSc3nnc(C4CCS(=O)(=O)C4)n3C)cc(=O)oc2cc1O. The molecule has 1 aromatic carbocycles. The highest BCUT2D eigenvalue weighted by Gasteiger charge is 2.32. The molecule has 1 aliphatic heterocycles. The van der Waals surface area contributed by atoms with Crippen LogP contribution in [0.5, 0.6) is 5.75 Å². The van der Waals surface area contributed by atoms with Gasteiger partial charge in [-0.3, -0.25) is 0 Å². The second-order valence-electron chi connectivity index (χ2n) is 7.21. The lowest BCUT2D eigenvalue weighted by molar-refractivity contribution is 0.466. The number of phenolic OH excluding ortho intramolecular Hbond substituents is 1. The first kappa shape index (κ1) is 20.0. The Balaban J connectivity index is 1.61. The van der Waals surface area contributed by atoms with Crippen LogP contribution in [0.3, 0.4) is 0 Å². The quantitative estimate of drug-likeness (QED) is 0.480. The van der Waals surface area contributed by atoms with E-state index in [9.17, 15) is 18.3 Å². The molecule has 1 atom stereocenters. The molecule has 3 heterocycles. The normalized spacial score (nSPS) is 18.5. The van der Waals surface area contributed by atoms with Crippen molar-refractivity contribution in [3.63, 3.8) is 0 Å². The van der Waals surface area contributed by atoms with Gasteiger partial charge in [-0.05, 0) is 30.0 Å². The third kappa shape index (κ3) is 3.91. The summed E-state index contributed by atoms with van der Waals surface area (Å²) in [5.74, 6) is 1.40. The lowest BCUT2D eigenvalue weighted by atomic mass is 10.1. The Morgan fingerprint density at radius 1 is 1.28 bits per heavy atom. The Hall–Kier alpha value is -2.33. The predicted octanol–water partition coefficient (Wildman–Crippen LogP) is 2.38. The molecule has 3 aromatic rings. The smallest absolute Gasteiger partial charge is 0.336 e. The molecule has 1 fully saturated rings. The number of sulfone groups is 1. The van der Waals surface area contributed by atoms with E-state index in [1.165, 1.54) is 23.9 Å². The summed E-state index contributed by atoms with van der Waals surface area (Å²) in [6.45, 7) is 1.94. The standard InChI is InChI=1S/C19H21N3O5S2/c1-3-11-6-14-13(7-17(24)27-16(14)8-15(11)23)9-28-19-21-20-18(22(19)2)12-4-5-29(25,26)10-12/h6-8,12,23H,3-5,9-10H2,1-2H3. The van der Waals surface area contributed by atoms with Gasteiger partial charge in [-0.1, -0.05) is 18.7 Å². The highest BCUT2D eigenvalue weighted by molar-refractivity contribution is 7.98. The van der Waals surface area contributed by atoms with E-state index in [0.29, 0.717) is 35.2 Å². The maximum atomic E-state index is 11.9. The Morgan fingerprint density at radius 2 is 2.07 bits per heavy atom. The molecule has 8 nitrogen and oxygen atoms in total. The van der Waals surface area contributed by atoms with Crippen molar-refractivity contribution in [1.82, 2.24) is 14.8 Å². The molecule has 1 unspecified atom stereocenters. The number of rotatable bonds is 5. The van der Waals surface area contributed by atoms with Crippen LogP contribution >= 0.6 is 11.8 Å². The van der Waals surface area contributed by atoms with Crippen LogP contribution in [0.25, 0.3) is 11.0 Å². The van der Waals surface area contributed by atoms with Crippen LogP contribution in [-0.2, 0) is 29.1 Å². The van der Waals surface area contributed by atoms with Crippen LogP contribution < -0.4 is 5.63 Å². The number of nitrogens with zero attached hydrogens (tertiary/aromatic N) is 3. The first-order valence-corrected chi connectivity index (χ1v) is 12.1. The van der Waals surface area contributed by atoms with Crippen molar-refractivity contribution in [2.75, 3.05) is 11.5 Å². The highest BCUT2D eigenvalue weighted by Crippen LogP contribution is 2.32. The van der Waals surface area contributed by atoms with Gasteiger partial charge < -0.3 is 14.1 Å². The molecule has 154 valence electrons. The monoisotopic (exact) mass is 435 g/mol. The van der Waals surface area contributed by atoms with E-state index < -0.39 is 15.5 Å². The van der Waals surface area contributed by atoms with Gasteiger partial charge in [0.05, 0.1) is 11.5 Å². The van der Waals surface area contributed by atoms with E-state index in [0.717, 1.165) is 16.5 Å². The van der Waals surface area contributed by atoms with Crippen molar-refractivity contribution in [2.24, 2.45) is 7.05 Å². The van der Waals surface area contributed by atoms with E-state index in [1.807, 2.05) is 24.6 Å². The zero-order valence-electron chi connectivity index (χ0n) is 16.1. The summed E-state index contributed by atoms with van der Waals surface area (Å²) in [4.78, 5) is 11.9. The van der Waals surface area contributed by atoms with Crippen LogP contribution in [0.4, 0.5) is 0 Å². The fourth-order valence-corrected chi connectivity index (χ4v) is 6.31. The first-order chi connectivity index (χ1) is 13.8. The Kier molecular flexibility index (Phi) is 5.16. The van der Waals surface area contributed by atoms with Crippen molar-refractivity contribution >= 4 is 32.6 Å². The molecule has 10 heteroatoms. The predicted molar refractivity (Wildman–Crippen MR) is 110 cm³/mol. The molecule has 0 radical (unpaired) electrons. The molecule has 0 saturated carbocycles. The molecule has 4 rings (SSSR count). The van der Waals surface area contributed by atoms with Crippen LogP contribution in [0, 0.1) is 0 Å². The highest BCUT2D eigenvalue weighted by atomic mass is 32.2. The van der Waals surface area contributed by atoms with Gasteiger partial charge in [-0.15, -0.1) is 10.2 Å². The summed E-state index contributed by atoms with van der Waals surface area (Å²) in [7, 11) is -1.17. The van der Waals surface area contributed by atoms with Gasteiger partial charge in [0.25, 0.3) is 0 Å². The van der Waals surface area contributed by atoms with Crippen LogP contribution in [0.15, 0.2) is 32.6 Å². The third-order valence-electron chi connectivity index (χ3n) is 5.23. The number of hydrogen-bond donors (Lipinski definition) is 1. The van der Waals surface area contributed by atoms with E-state index in [1.54, 1.807) is 0 Å². The lowest BCUT2D eigenvalue weighted by Gasteiger charge is -2.09. The average Bonchev–Trinajstić information content (AvgIpc) is 3.20. The van der Waals surface area contributed by atoms with Crippen molar-refractivity contribution in [3.05, 3.63) is 45.6 Å². The van der Waals surface area contributed by atoms with Gasteiger partial charge in [0.1, 0.15) is 17.2 Å². The maximum Gasteiger partial charge on any atom is 0.336 e. The second kappa shape index (κ2) is 7.49. The zero-order chi connectivity index (χ0) is 20.8. The van der Waals surface area contributed by atoms with Gasteiger partial charge in [-0.2, -0.15) is 0 Å².